The van der Waals surface area contributed by atoms with Gasteiger partial charge in [0, 0.05) is 38.4 Å². The van der Waals surface area contributed by atoms with E-state index in [9.17, 15) is 28.3 Å². The Morgan fingerprint density at radius 1 is 0.960 bits per heavy atom. The maximum absolute atomic E-state index is 12.6. The smallest absolute Gasteiger partial charge is 0.360 e. The Kier molecular flexibility index (Phi) is 13.5. The van der Waals surface area contributed by atoms with Crippen LogP contribution in [-0.2, 0) is 42.6 Å². The van der Waals surface area contributed by atoms with E-state index in [1.54, 1.807) is 11.0 Å². The zero-order valence-corrected chi connectivity index (χ0v) is 28.4. The number of aromatic nitrogens is 1. The zero-order valence-electron chi connectivity index (χ0n) is 26.6. The molecule has 3 heterocycles. The fourth-order valence-corrected chi connectivity index (χ4v) is 7.03. The van der Waals surface area contributed by atoms with Crippen LogP contribution >= 0.6 is 15.2 Å². The van der Waals surface area contributed by atoms with Gasteiger partial charge in [-0.25, -0.2) is 0 Å². The fourth-order valence-electron chi connectivity index (χ4n) is 4.84. The van der Waals surface area contributed by atoms with Crippen molar-refractivity contribution in [3.05, 3.63) is 53.8 Å². The Balaban J connectivity index is 1.08. The number of rotatable bonds is 17. The predicted octanol–water partition coefficient (Wildman–Crippen LogP) is 1.30. The molecule has 2 aliphatic rings. The molecule has 4 rings (SSSR count). The molecule has 0 bridgehead atoms. The van der Waals surface area contributed by atoms with E-state index in [0.29, 0.717) is 38.3 Å². The topological polar surface area (TPSA) is 277 Å². The largest absolute Gasteiger partial charge is 0.466 e. The molecule has 1 aromatic carbocycles. The number of carbonyl (C=O) groups excluding carboxylic acids is 4. The number of oxime groups is 1. The number of hydrogen-bond acceptors (Lipinski definition) is 13. The first-order valence-electron chi connectivity index (χ1n) is 15.3. The highest BCUT2D eigenvalue weighted by molar-refractivity contribution is 7.70. The van der Waals surface area contributed by atoms with E-state index in [-0.39, 0.29) is 31.5 Å². The van der Waals surface area contributed by atoms with Crippen LogP contribution in [0.15, 0.2) is 52.3 Å². The van der Waals surface area contributed by atoms with Crippen LogP contribution in [0.2, 0.25) is 0 Å². The first-order chi connectivity index (χ1) is 23.7. The summed E-state index contributed by atoms with van der Waals surface area (Å²) in [4.78, 5) is 91.4. The Labute approximate surface area is 285 Å². The molecule has 0 fully saturated rings. The van der Waals surface area contributed by atoms with Crippen molar-refractivity contribution >= 4 is 56.0 Å². The summed E-state index contributed by atoms with van der Waals surface area (Å²) >= 11 is 0. The quantitative estimate of drug-likeness (QED) is 0.0757. The second-order valence-corrected chi connectivity index (χ2v) is 15.0. The van der Waals surface area contributed by atoms with Crippen molar-refractivity contribution < 1.29 is 66.7 Å². The Morgan fingerprint density at radius 3 is 2.30 bits per heavy atom. The maximum atomic E-state index is 12.6. The minimum atomic E-state index is -5.37. The predicted molar refractivity (Wildman–Crippen MR) is 173 cm³/mol. The molecule has 6 N–H and O–H groups in total. The van der Waals surface area contributed by atoms with Gasteiger partial charge in [-0.1, -0.05) is 40.7 Å². The summed E-state index contributed by atoms with van der Waals surface area (Å²) in [7, 11) is -10.7. The van der Waals surface area contributed by atoms with Crippen molar-refractivity contribution in [2.45, 2.75) is 50.2 Å². The van der Waals surface area contributed by atoms with E-state index in [1.165, 1.54) is 11.6 Å². The fraction of sp³-hybridized carbons (Fsp3) is 0.448. The van der Waals surface area contributed by atoms with Crippen molar-refractivity contribution in [3.63, 3.8) is 0 Å². The van der Waals surface area contributed by atoms with E-state index in [4.69, 9.17) is 38.4 Å². The highest BCUT2D eigenvalue weighted by atomic mass is 31.2. The minimum Gasteiger partial charge on any atom is -0.466 e. The maximum Gasteiger partial charge on any atom is 0.360 e. The molecule has 1 aromatic heterocycles. The highest BCUT2D eigenvalue weighted by Gasteiger charge is 2.44. The molecule has 0 saturated heterocycles. The van der Waals surface area contributed by atoms with E-state index in [1.807, 2.05) is 30.3 Å². The summed E-state index contributed by atoms with van der Waals surface area (Å²) in [6.07, 6.45) is 3.25. The first-order valence-corrected chi connectivity index (χ1v) is 18.7. The Hall–Kier alpha value is -4.38. The van der Waals surface area contributed by atoms with Crippen LogP contribution in [-0.4, -0.2) is 104 Å². The highest BCUT2D eigenvalue weighted by Crippen LogP contribution is 2.58. The summed E-state index contributed by atoms with van der Waals surface area (Å²) in [6, 6.07) is 9.67. The molecule has 0 aliphatic carbocycles. The van der Waals surface area contributed by atoms with Crippen LogP contribution in [0.1, 0.15) is 49.7 Å². The SMILES string of the molecule is O=C(CCC(=O)OCCCC(=O)OCC(=O)N1CC=C(c2ccc(C3=NOC(CNc4ccon4)C3)cc2)CC1)NC(P(=O)(O)O)P(=O)(O)O. The number of ether oxygens (including phenoxy) is 2. The third-order valence-corrected chi connectivity index (χ3v) is 10.8. The second kappa shape index (κ2) is 17.5. The van der Waals surface area contributed by atoms with Crippen LogP contribution < -0.4 is 10.6 Å². The summed E-state index contributed by atoms with van der Waals surface area (Å²) in [6.45, 7) is 0.656. The standard InChI is InChI=1S/C29H37N5O14P2/c35-25(31-29(49(39,40)41)50(42,43)44)7-8-28(38)45-14-1-2-27(37)46-18-26(36)34-12-9-20(10-13-34)19-3-5-21(6-4-19)23-16-22(48-32-23)17-30-24-11-15-47-33-24/h3-6,9,11,15,22,29H,1-2,7-8,10,12-14,16-18H2,(H,30,33)(H,31,35)(H2,39,40,41)(H2,42,43,44). The monoisotopic (exact) mass is 741 g/mol. The van der Waals surface area contributed by atoms with Crippen LogP contribution in [0.4, 0.5) is 5.82 Å². The third kappa shape index (κ3) is 11.9. The van der Waals surface area contributed by atoms with Crippen molar-refractivity contribution in [2.24, 2.45) is 5.16 Å². The molecule has 2 amide bonds. The van der Waals surface area contributed by atoms with E-state index >= 15 is 0 Å². The number of nitrogens with zero attached hydrogens (tertiary/aromatic N) is 3. The number of amides is 2. The lowest BCUT2D eigenvalue weighted by Gasteiger charge is -2.26. The average Bonchev–Trinajstić information content (AvgIpc) is 3.78. The van der Waals surface area contributed by atoms with Crippen molar-refractivity contribution in [3.8, 4) is 0 Å². The minimum absolute atomic E-state index is 0.0556. The van der Waals surface area contributed by atoms with Gasteiger partial charge in [0.2, 0.25) is 11.4 Å². The molecular formula is C29H37N5O14P2. The van der Waals surface area contributed by atoms with Crippen LogP contribution in [0, 0.1) is 0 Å². The Bertz CT molecular complexity index is 1650. The van der Waals surface area contributed by atoms with E-state index in [2.05, 4.69) is 15.6 Å². The zero-order chi connectivity index (χ0) is 36.3. The lowest BCUT2D eigenvalue weighted by Crippen LogP contribution is -2.37. The molecule has 0 radical (unpaired) electrons. The summed E-state index contributed by atoms with van der Waals surface area (Å²) in [5.41, 5.74) is 1.17. The van der Waals surface area contributed by atoms with Gasteiger partial charge in [0.1, 0.15) is 12.4 Å². The number of hydrogen-bond donors (Lipinski definition) is 6. The number of nitrogens with one attached hydrogen (secondary N) is 2. The summed E-state index contributed by atoms with van der Waals surface area (Å²) in [5.74, 6) is -2.49. The van der Waals surface area contributed by atoms with Crippen molar-refractivity contribution in [1.29, 1.82) is 0 Å². The van der Waals surface area contributed by atoms with Crippen LogP contribution in [0.25, 0.3) is 5.57 Å². The molecule has 1 atom stereocenters. The van der Waals surface area contributed by atoms with Gasteiger partial charge < -0.3 is 53.9 Å². The van der Waals surface area contributed by atoms with Gasteiger partial charge in [-0.15, -0.1) is 0 Å². The summed E-state index contributed by atoms with van der Waals surface area (Å²) in [5, 5.41) is 12.7. The number of anilines is 1. The lowest BCUT2D eigenvalue weighted by molar-refractivity contribution is -0.152. The molecule has 2 aliphatic heterocycles. The molecule has 2 aromatic rings. The lowest BCUT2D eigenvalue weighted by atomic mass is 9.96. The van der Waals surface area contributed by atoms with Gasteiger partial charge in [0.15, 0.2) is 12.4 Å². The average molecular weight is 742 g/mol. The van der Waals surface area contributed by atoms with Gasteiger partial charge in [-0.05, 0) is 29.5 Å². The van der Waals surface area contributed by atoms with Crippen molar-refractivity contribution in [2.75, 3.05) is 38.2 Å². The first kappa shape index (κ1) is 38.4. The van der Waals surface area contributed by atoms with Gasteiger partial charge in [-0.3, -0.25) is 28.3 Å². The Morgan fingerprint density at radius 2 is 1.66 bits per heavy atom. The van der Waals surface area contributed by atoms with Gasteiger partial charge >= 0.3 is 27.1 Å². The number of esters is 2. The normalized spacial score (nSPS) is 16.3. The van der Waals surface area contributed by atoms with Gasteiger partial charge in [0.25, 0.3) is 5.91 Å². The number of carbonyl (C=O) groups is 4. The van der Waals surface area contributed by atoms with E-state index < -0.39 is 58.0 Å². The van der Waals surface area contributed by atoms with Gasteiger partial charge in [-0.2, -0.15) is 0 Å². The summed E-state index contributed by atoms with van der Waals surface area (Å²) < 4.78 is 37.1. The molecule has 0 saturated carbocycles. The molecule has 19 nitrogen and oxygen atoms in total. The van der Waals surface area contributed by atoms with Crippen LogP contribution in [0.3, 0.4) is 0 Å². The van der Waals surface area contributed by atoms with Crippen LogP contribution in [0.5, 0.6) is 0 Å². The number of benzene rings is 1. The molecular weight excluding hydrogens is 704 g/mol. The molecule has 1 unspecified atom stereocenters. The second-order valence-electron chi connectivity index (χ2n) is 11.2. The molecule has 272 valence electrons. The van der Waals surface area contributed by atoms with Gasteiger partial charge in [0.05, 0.1) is 25.3 Å². The van der Waals surface area contributed by atoms with Crippen molar-refractivity contribution in [1.82, 2.24) is 15.4 Å². The van der Waals surface area contributed by atoms with E-state index in [0.717, 1.165) is 22.4 Å². The molecule has 21 heteroatoms. The molecule has 50 heavy (non-hydrogen) atoms. The molecule has 0 spiro atoms. The third-order valence-electron chi connectivity index (χ3n) is 7.46.